The summed E-state index contributed by atoms with van der Waals surface area (Å²) in [5.74, 6) is 0.249. The molecule has 216 valence electrons. The van der Waals surface area contributed by atoms with E-state index in [4.69, 9.17) is 28.5 Å². The van der Waals surface area contributed by atoms with Gasteiger partial charge in [-0.15, -0.1) is 0 Å². The molecule has 4 heterocycles. The van der Waals surface area contributed by atoms with Gasteiger partial charge in [-0.2, -0.15) is 0 Å². The van der Waals surface area contributed by atoms with Crippen molar-refractivity contribution in [2.24, 2.45) is 0 Å². The second kappa shape index (κ2) is 10.7. The molecular formula is C28H34N5O6PSi. The van der Waals surface area contributed by atoms with Crippen molar-refractivity contribution >= 4 is 43.5 Å². The van der Waals surface area contributed by atoms with Crippen molar-refractivity contribution in [1.82, 2.24) is 19.5 Å². The van der Waals surface area contributed by atoms with E-state index in [1.54, 1.807) is 17.8 Å². The third-order valence-corrected chi connectivity index (χ3v) is 14.2. The second-order valence-electron chi connectivity index (χ2n) is 11.1. The highest BCUT2D eigenvalue weighted by Gasteiger charge is 2.60. The molecule has 2 fully saturated rings. The average molecular weight is 596 g/mol. The van der Waals surface area contributed by atoms with Crippen LogP contribution < -0.4 is 16.1 Å². The molecule has 2 aliphatic rings. The van der Waals surface area contributed by atoms with E-state index >= 15 is 0 Å². The first-order valence-electron chi connectivity index (χ1n) is 13.6. The van der Waals surface area contributed by atoms with Crippen LogP contribution in [0, 0.1) is 0 Å². The van der Waals surface area contributed by atoms with Gasteiger partial charge in [0, 0.05) is 0 Å². The normalized spacial score (nSPS) is 26.4. The van der Waals surface area contributed by atoms with E-state index in [1.165, 1.54) is 6.33 Å². The van der Waals surface area contributed by atoms with E-state index in [2.05, 4.69) is 60.0 Å². The summed E-state index contributed by atoms with van der Waals surface area (Å²) in [5.41, 5.74) is 6.93. The van der Waals surface area contributed by atoms with Crippen molar-refractivity contribution < 1.29 is 27.3 Å². The fraction of sp³-hybridized carbons (Fsp3) is 0.393. The highest BCUT2D eigenvalue weighted by atomic mass is 31.2. The molecule has 6 rings (SSSR count). The molecule has 4 aromatic rings. The lowest BCUT2D eigenvalue weighted by Crippen LogP contribution is -2.67. The average Bonchev–Trinajstić information content (AvgIpc) is 3.62. The van der Waals surface area contributed by atoms with Gasteiger partial charge in [0.25, 0.3) is 8.32 Å². The predicted octanol–water partition coefficient (Wildman–Crippen LogP) is 3.81. The third kappa shape index (κ3) is 4.83. The first kappa shape index (κ1) is 28.2. The van der Waals surface area contributed by atoms with Gasteiger partial charge in [-0.1, -0.05) is 81.4 Å². The molecule has 0 radical (unpaired) electrons. The summed E-state index contributed by atoms with van der Waals surface area (Å²) in [6.07, 6.45) is 0.0721. The van der Waals surface area contributed by atoms with Crippen molar-refractivity contribution in [3.8, 4) is 0 Å². The standard InChI is InChI=1S/C28H34N5O6PSi/c1-5-35-40(34)38-23-21(37-27(24(23)39-40)33-18-32-22-25(29)30-17-31-26(22)33)16-36-41(28(2,3)4,19-12-8-6-9-13-19)20-14-10-7-11-15-20/h6-15,17-18,21,23-24,27H,5,16H2,1-4H3,(H2,29,30,31)/t21-,23-,24-,27-,40?/m1/s1. The Labute approximate surface area is 239 Å². The fourth-order valence-electron chi connectivity index (χ4n) is 5.87. The molecule has 2 aromatic carbocycles. The van der Waals surface area contributed by atoms with Crippen molar-refractivity contribution in [1.29, 1.82) is 0 Å². The van der Waals surface area contributed by atoms with Crippen LogP contribution in [-0.4, -0.2) is 59.4 Å². The van der Waals surface area contributed by atoms with E-state index in [9.17, 15) is 4.57 Å². The van der Waals surface area contributed by atoms with Gasteiger partial charge < -0.3 is 14.9 Å². The number of benzene rings is 2. The van der Waals surface area contributed by atoms with E-state index in [1.807, 2.05) is 36.4 Å². The van der Waals surface area contributed by atoms with E-state index < -0.39 is 40.7 Å². The van der Waals surface area contributed by atoms with E-state index in [-0.39, 0.29) is 24.1 Å². The molecule has 13 heteroatoms. The zero-order valence-corrected chi connectivity index (χ0v) is 25.3. The Morgan fingerprint density at radius 1 is 0.976 bits per heavy atom. The predicted molar refractivity (Wildman–Crippen MR) is 156 cm³/mol. The van der Waals surface area contributed by atoms with Gasteiger partial charge in [0.1, 0.15) is 30.2 Å². The maximum absolute atomic E-state index is 13.4. The number of hydrogen-bond donors (Lipinski definition) is 1. The van der Waals surface area contributed by atoms with Crippen LogP contribution in [0.3, 0.4) is 0 Å². The molecule has 0 amide bonds. The summed E-state index contributed by atoms with van der Waals surface area (Å²) in [7, 11) is -6.71. The van der Waals surface area contributed by atoms with Crippen LogP contribution in [-0.2, 0) is 27.3 Å². The quantitative estimate of drug-likeness (QED) is 0.237. The summed E-state index contributed by atoms with van der Waals surface area (Å²) >= 11 is 0. The fourth-order valence-corrected chi connectivity index (χ4v) is 12.0. The molecule has 2 N–H and O–H groups in total. The lowest BCUT2D eigenvalue weighted by Gasteiger charge is -2.43. The van der Waals surface area contributed by atoms with Crippen LogP contribution in [0.1, 0.15) is 33.9 Å². The van der Waals surface area contributed by atoms with Crippen LogP contribution in [0.25, 0.3) is 11.2 Å². The second-order valence-corrected chi connectivity index (χ2v) is 17.0. The van der Waals surface area contributed by atoms with Crippen molar-refractivity contribution in [3.05, 3.63) is 73.3 Å². The lowest BCUT2D eigenvalue weighted by molar-refractivity contribution is -0.0580. The van der Waals surface area contributed by atoms with Gasteiger partial charge in [0.15, 0.2) is 17.7 Å². The van der Waals surface area contributed by atoms with Gasteiger partial charge in [-0.25, -0.2) is 19.5 Å². The minimum atomic E-state index is -3.82. The maximum atomic E-state index is 13.4. The summed E-state index contributed by atoms with van der Waals surface area (Å²) in [6.45, 7) is 8.70. The number of nitrogens with two attached hydrogens (primary N) is 1. The molecule has 41 heavy (non-hydrogen) atoms. The van der Waals surface area contributed by atoms with Crippen molar-refractivity contribution in [2.45, 2.75) is 57.3 Å². The number of anilines is 1. The topological polar surface area (TPSA) is 133 Å². The van der Waals surface area contributed by atoms with Gasteiger partial charge in [-0.3, -0.25) is 18.1 Å². The highest BCUT2D eigenvalue weighted by molar-refractivity contribution is 7.48. The number of hydrogen-bond acceptors (Lipinski definition) is 10. The van der Waals surface area contributed by atoms with Crippen LogP contribution in [0.5, 0.6) is 0 Å². The molecule has 1 unspecified atom stereocenters. The zero-order valence-electron chi connectivity index (χ0n) is 23.4. The largest absolute Gasteiger partial charge is 0.475 e. The Morgan fingerprint density at radius 2 is 1.61 bits per heavy atom. The Kier molecular flexibility index (Phi) is 7.35. The first-order chi connectivity index (χ1) is 19.7. The number of fused-ring (bicyclic) bond motifs is 2. The number of ether oxygens (including phenoxy) is 1. The molecular weight excluding hydrogens is 561 g/mol. The number of imidazole rings is 1. The summed E-state index contributed by atoms with van der Waals surface area (Å²) in [4.78, 5) is 12.8. The first-order valence-corrected chi connectivity index (χ1v) is 17.0. The number of phosphoric ester groups is 1. The molecule has 2 saturated heterocycles. The van der Waals surface area contributed by atoms with Crippen LogP contribution >= 0.6 is 7.82 Å². The Morgan fingerprint density at radius 3 is 2.22 bits per heavy atom. The summed E-state index contributed by atoms with van der Waals surface area (Å²) < 4.78 is 46.2. The SMILES string of the molecule is CCOP1(=O)O[C@@H]2[C@H](O1)[C@@H](CO[Si](c1ccccc1)(c1ccccc1)C(C)(C)C)O[C@H]2n1cnc2c(N)ncnc21. The summed E-state index contributed by atoms with van der Waals surface area (Å²) in [5, 5.41) is 2.04. The zero-order chi connectivity index (χ0) is 28.8. The molecule has 2 aliphatic heterocycles. The highest BCUT2D eigenvalue weighted by Crippen LogP contribution is 2.62. The summed E-state index contributed by atoms with van der Waals surface area (Å²) in [6, 6.07) is 20.7. The van der Waals surface area contributed by atoms with Crippen LogP contribution in [0.15, 0.2) is 73.3 Å². The van der Waals surface area contributed by atoms with Gasteiger partial charge in [0.2, 0.25) is 0 Å². The lowest BCUT2D eigenvalue weighted by atomic mass is 10.1. The van der Waals surface area contributed by atoms with Crippen molar-refractivity contribution in [2.75, 3.05) is 18.9 Å². The number of aromatic nitrogens is 4. The molecule has 11 nitrogen and oxygen atoms in total. The Bertz CT molecular complexity index is 1530. The Balaban J connectivity index is 1.39. The van der Waals surface area contributed by atoms with Crippen LogP contribution in [0.2, 0.25) is 5.04 Å². The van der Waals surface area contributed by atoms with Crippen LogP contribution in [0.4, 0.5) is 5.82 Å². The third-order valence-electron chi connectivity index (χ3n) is 7.62. The van der Waals surface area contributed by atoms with E-state index in [0.717, 1.165) is 10.4 Å². The monoisotopic (exact) mass is 595 g/mol. The number of rotatable bonds is 8. The minimum absolute atomic E-state index is 0.170. The number of nitrogen functional groups attached to an aromatic ring is 1. The minimum Gasteiger partial charge on any atom is -0.405 e. The maximum Gasteiger partial charge on any atom is 0.475 e. The van der Waals surface area contributed by atoms with Gasteiger partial charge in [-0.05, 0) is 22.3 Å². The molecule has 0 spiro atoms. The number of nitrogens with zero attached hydrogens (tertiary/aromatic N) is 4. The molecule has 5 atom stereocenters. The molecule has 0 saturated carbocycles. The van der Waals surface area contributed by atoms with Gasteiger partial charge in [0.05, 0.1) is 19.5 Å². The molecule has 0 bridgehead atoms. The molecule has 0 aliphatic carbocycles. The molecule has 2 aromatic heterocycles. The van der Waals surface area contributed by atoms with E-state index in [0.29, 0.717) is 11.2 Å². The number of phosphoric acid groups is 1. The Hall–Kier alpha value is -2.96. The smallest absolute Gasteiger partial charge is 0.405 e. The van der Waals surface area contributed by atoms with Crippen molar-refractivity contribution in [3.63, 3.8) is 0 Å². The van der Waals surface area contributed by atoms with Gasteiger partial charge >= 0.3 is 7.82 Å².